The molecular formula is C15H19N3. The predicted octanol–water partition coefficient (Wildman–Crippen LogP) is 2.64. The molecule has 2 rings (SSSR count). The Bertz CT molecular complexity index is 602. The zero-order chi connectivity index (χ0) is 13.3. The van der Waals surface area contributed by atoms with E-state index in [1.54, 1.807) is 0 Å². The van der Waals surface area contributed by atoms with Gasteiger partial charge in [0, 0.05) is 7.05 Å². The Morgan fingerprint density at radius 3 is 2.67 bits per heavy atom. The Labute approximate surface area is 108 Å². The second-order valence-corrected chi connectivity index (χ2v) is 5.15. The first-order valence-electron chi connectivity index (χ1n) is 6.11. The standard InChI is InChI=1S/C15H19N3/c1-6-15(3,4)17-11(2)14-16-12-9-7-8-10-13(12)18(14)5/h1,7-11,17H,2-5H3. The van der Waals surface area contributed by atoms with Crippen LogP contribution in [0.3, 0.4) is 0 Å². The summed E-state index contributed by atoms with van der Waals surface area (Å²) in [5.41, 5.74) is 1.82. The van der Waals surface area contributed by atoms with Crippen LogP contribution in [0.15, 0.2) is 24.3 Å². The van der Waals surface area contributed by atoms with Crippen LogP contribution in [0.4, 0.5) is 0 Å². The van der Waals surface area contributed by atoms with E-state index in [4.69, 9.17) is 6.42 Å². The van der Waals surface area contributed by atoms with E-state index in [-0.39, 0.29) is 11.6 Å². The molecule has 18 heavy (non-hydrogen) atoms. The lowest BCUT2D eigenvalue weighted by Gasteiger charge is -2.24. The summed E-state index contributed by atoms with van der Waals surface area (Å²) in [4.78, 5) is 4.66. The number of hydrogen-bond acceptors (Lipinski definition) is 2. The Balaban J connectivity index is 2.37. The fraction of sp³-hybridized carbons (Fsp3) is 0.400. The van der Waals surface area contributed by atoms with Gasteiger partial charge in [0.05, 0.1) is 22.6 Å². The number of hydrogen-bond donors (Lipinski definition) is 1. The van der Waals surface area contributed by atoms with Crippen LogP contribution in [0.1, 0.15) is 32.6 Å². The number of nitrogens with zero attached hydrogens (tertiary/aromatic N) is 2. The van der Waals surface area contributed by atoms with Crippen LogP contribution in [-0.4, -0.2) is 15.1 Å². The maximum Gasteiger partial charge on any atom is 0.126 e. The van der Waals surface area contributed by atoms with E-state index in [0.717, 1.165) is 16.9 Å². The van der Waals surface area contributed by atoms with Crippen LogP contribution >= 0.6 is 0 Å². The molecule has 0 bridgehead atoms. The van der Waals surface area contributed by atoms with Gasteiger partial charge in [-0.1, -0.05) is 18.1 Å². The fourth-order valence-corrected chi connectivity index (χ4v) is 2.20. The molecule has 1 aromatic carbocycles. The molecule has 1 unspecified atom stereocenters. The minimum atomic E-state index is -0.336. The summed E-state index contributed by atoms with van der Waals surface area (Å²) in [6.07, 6.45) is 5.51. The molecule has 0 fully saturated rings. The number of rotatable bonds is 3. The van der Waals surface area contributed by atoms with Gasteiger partial charge >= 0.3 is 0 Å². The van der Waals surface area contributed by atoms with Gasteiger partial charge < -0.3 is 4.57 Å². The van der Waals surface area contributed by atoms with E-state index in [0.29, 0.717) is 0 Å². The largest absolute Gasteiger partial charge is 0.330 e. The molecule has 1 heterocycles. The quantitative estimate of drug-likeness (QED) is 0.837. The molecular weight excluding hydrogens is 222 g/mol. The van der Waals surface area contributed by atoms with Gasteiger partial charge in [-0.15, -0.1) is 6.42 Å². The highest BCUT2D eigenvalue weighted by atomic mass is 15.1. The second kappa shape index (κ2) is 4.47. The first-order chi connectivity index (χ1) is 8.44. The zero-order valence-electron chi connectivity index (χ0n) is 11.4. The molecule has 0 radical (unpaired) electrons. The van der Waals surface area contributed by atoms with Crippen molar-refractivity contribution >= 4 is 11.0 Å². The number of nitrogens with one attached hydrogen (secondary N) is 1. The van der Waals surface area contributed by atoms with Gasteiger partial charge in [0.15, 0.2) is 0 Å². The maximum atomic E-state index is 5.51. The fourth-order valence-electron chi connectivity index (χ4n) is 2.20. The highest BCUT2D eigenvalue weighted by Gasteiger charge is 2.21. The predicted molar refractivity (Wildman–Crippen MR) is 75.2 cm³/mol. The molecule has 3 heteroatoms. The van der Waals surface area contributed by atoms with Crippen LogP contribution in [0.5, 0.6) is 0 Å². The summed E-state index contributed by atoms with van der Waals surface area (Å²) in [7, 11) is 2.03. The second-order valence-electron chi connectivity index (χ2n) is 5.15. The molecule has 0 saturated heterocycles. The number of aromatic nitrogens is 2. The third-order valence-electron chi connectivity index (χ3n) is 3.15. The molecule has 1 aromatic heterocycles. The van der Waals surface area contributed by atoms with E-state index in [2.05, 4.69) is 33.8 Å². The molecule has 0 spiro atoms. The average molecular weight is 241 g/mol. The van der Waals surface area contributed by atoms with Crippen molar-refractivity contribution < 1.29 is 0 Å². The van der Waals surface area contributed by atoms with Crippen LogP contribution in [0, 0.1) is 12.3 Å². The maximum absolute atomic E-state index is 5.51. The highest BCUT2D eigenvalue weighted by molar-refractivity contribution is 5.75. The van der Waals surface area contributed by atoms with Gasteiger partial charge in [-0.25, -0.2) is 4.98 Å². The number of aryl methyl sites for hydroxylation is 1. The molecule has 3 nitrogen and oxygen atoms in total. The van der Waals surface area contributed by atoms with Gasteiger partial charge in [-0.2, -0.15) is 0 Å². The van der Waals surface area contributed by atoms with E-state index in [1.807, 2.05) is 39.1 Å². The van der Waals surface area contributed by atoms with Crippen molar-refractivity contribution in [2.75, 3.05) is 0 Å². The topological polar surface area (TPSA) is 29.9 Å². The lowest BCUT2D eigenvalue weighted by atomic mass is 10.1. The number of imidazole rings is 1. The first kappa shape index (κ1) is 12.7. The zero-order valence-corrected chi connectivity index (χ0v) is 11.4. The Morgan fingerprint density at radius 1 is 1.39 bits per heavy atom. The van der Waals surface area contributed by atoms with Crippen LogP contribution in [-0.2, 0) is 7.05 Å². The SMILES string of the molecule is C#CC(C)(C)NC(C)c1nc2ccccc2n1C. The third kappa shape index (κ3) is 2.25. The summed E-state index contributed by atoms with van der Waals surface area (Å²) in [6.45, 7) is 6.07. The molecule has 0 aliphatic rings. The van der Waals surface area contributed by atoms with Crippen molar-refractivity contribution in [1.29, 1.82) is 0 Å². The van der Waals surface area contributed by atoms with Crippen molar-refractivity contribution in [3.8, 4) is 12.3 Å². The molecule has 94 valence electrons. The number of para-hydroxylation sites is 2. The van der Waals surface area contributed by atoms with Gasteiger partial charge in [0.25, 0.3) is 0 Å². The van der Waals surface area contributed by atoms with Crippen LogP contribution in [0.25, 0.3) is 11.0 Å². The van der Waals surface area contributed by atoms with Crippen molar-refractivity contribution in [2.24, 2.45) is 7.05 Å². The molecule has 1 atom stereocenters. The summed E-state index contributed by atoms with van der Waals surface area (Å²) < 4.78 is 2.11. The molecule has 0 aliphatic heterocycles. The molecule has 0 saturated carbocycles. The van der Waals surface area contributed by atoms with Gasteiger partial charge in [0.2, 0.25) is 0 Å². The lowest BCUT2D eigenvalue weighted by molar-refractivity contribution is 0.414. The van der Waals surface area contributed by atoms with E-state index in [1.165, 1.54) is 0 Å². The summed E-state index contributed by atoms with van der Waals surface area (Å²) in [6, 6.07) is 8.23. The van der Waals surface area contributed by atoms with E-state index < -0.39 is 0 Å². The van der Waals surface area contributed by atoms with Crippen molar-refractivity contribution in [3.63, 3.8) is 0 Å². The normalized spacial score (nSPS) is 13.5. The smallest absolute Gasteiger partial charge is 0.126 e. The molecule has 0 amide bonds. The van der Waals surface area contributed by atoms with Gasteiger partial charge in [-0.05, 0) is 32.9 Å². The highest BCUT2D eigenvalue weighted by Crippen LogP contribution is 2.20. The van der Waals surface area contributed by atoms with Crippen molar-refractivity contribution in [1.82, 2.24) is 14.9 Å². The average Bonchev–Trinajstić information content (AvgIpc) is 2.67. The minimum absolute atomic E-state index is 0.105. The summed E-state index contributed by atoms with van der Waals surface area (Å²) >= 11 is 0. The summed E-state index contributed by atoms with van der Waals surface area (Å²) in [5.74, 6) is 3.75. The van der Waals surface area contributed by atoms with E-state index >= 15 is 0 Å². The van der Waals surface area contributed by atoms with Crippen molar-refractivity contribution in [2.45, 2.75) is 32.4 Å². The van der Waals surface area contributed by atoms with E-state index in [9.17, 15) is 0 Å². The van der Waals surface area contributed by atoms with Crippen LogP contribution in [0.2, 0.25) is 0 Å². The molecule has 0 aliphatic carbocycles. The monoisotopic (exact) mass is 241 g/mol. The molecule has 1 N–H and O–H groups in total. The number of fused-ring (bicyclic) bond motifs is 1. The number of benzene rings is 1. The number of terminal acetylenes is 1. The van der Waals surface area contributed by atoms with Gasteiger partial charge in [-0.3, -0.25) is 5.32 Å². The Morgan fingerprint density at radius 2 is 2.06 bits per heavy atom. The molecule has 2 aromatic rings. The lowest BCUT2D eigenvalue weighted by Crippen LogP contribution is -2.40. The minimum Gasteiger partial charge on any atom is -0.330 e. The summed E-state index contributed by atoms with van der Waals surface area (Å²) in [5, 5.41) is 3.40. The van der Waals surface area contributed by atoms with Crippen LogP contribution < -0.4 is 5.32 Å². The van der Waals surface area contributed by atoms with Crippen molar-refractivity contribution in [3.05, 3.63) is 30.1 Å². The van der Waals surface area contributed by atoms with Gasteiger partial charge in [0.1, 0.15) is 5.82 Å². The third-order valence-corrected chi connectivity index (χ3v) is 3.15. The first-order valence-corrected chi connectivity index (χ1v) is 6.11. The Kier molecular flexibility index (Phi) is 3.14. The Hall–Kier alpha value is -1.79.